The van der Waals surface area contributed by atoms with Crippen LogP contribution in [0.4, 0.5) is 5.69 Å². The van der Waals surface area contributed by atoms with E-state index in [1.807, 2.05) is 19.1 Å². The maximum atomic E-state index is 11.4. The normalized spacial score (nSPS) is 11.3. The number of hydrogen-bond donors (Lipinski definition) is 2. The summed E-state index contributed by atoms with van der Waals surface area (Å²) in [5.74, 6) is -0.0582. The molecule has 2 N–H and O–H groups in total. The molecule has 0 amide bonds. The zero-order valence-electron chi connectivity index (χ0n) is 8.60. The number of aliphatic hydroxyl groups excluding tert-OH is 1. The van der Waals surface area contributed by atoms with E-state index in [1.54, 1.807) is 12.1 Å². The Morgan fingerprint density at radius 3 is 2.40 bits per heavy atom. The number of benzene rings is 1. The first-order valence-corrected chi connectivity index (χ1v) is 6.37. The third-order valence-electron chi connectivity index (χ3n) is 1.90. The van der Waals surface area contributed by atoms with Crippen LogP contribution in [0.15, 0.2) is 24.3 Å². The van der Waals surface area contributed by atoms with Gasteiger partial charge < -0.3 is 5.11 Å². The summed E-state index contributed by atoms with van der Waals surface area (Å²) >= 11 is 0. The van der Waals surface area contributed by atoms with Crippen molar-refractivity contribution >= 4 is 15.7 Å². The summed E-state index contributed by atoms with van der Waals surface area (Å²) in [5, 5.41) is 8.54. The van der Waals surface area contributed by atoms with Gasteiger partial charge in [0.2, 0.25) is 10.0 Å². The summed E-state index contributed by atoms with van der Waals surface area (Å²) in [6.07, 6.45) is 0.251. The molecular weight excluding hydrogens is 214 g/mol. The molecule has 0 aliphatic rings. The Morgan fingerprint density at radius 2 is 1.87 bits per heavy atom. The molecule has 4 nitrogen and oxygen atoms in total. The summed E-state index contributed by atoms with van der Waals surface area (Å²) in [7, 11) is -3.32. The van der Waals surface area contributed by atoms with Crippen molar-refractivity contribution in [3.8, 4) is 0 Å². The van der Waals surface area contributed by atoms with E-state index in [2.05, 4.69) is 4.72 Å². The van der Waals surface area contributed by atoms with Gasteiger partial charge >= 0.3 is 0 Å². The van der Waals surface area contributed by atoms with E-state index in [9.17, 15) is 8.42 Å². The highest BCUT2D eigenvalue weighted by Crippen LogP contribution is 2.10. The fourth-order valence-electron chi connectivity index (χ4n) is 1.11. The summed E-state index contributed by atoms with van der Waals surface area (Å²) in [6, 6.07) is 7.10. The van der Waals surface area contributed by atoms with Crippen LogP contribution in [0.5, 0.6) is 0 Å². The van der Waals surface area contributed by atoms with Crippen molar-refractivity contribution in [1.82, 2.24) is 0 Å². The second kappa shape index (κ2) is 5.14. The Hall–Kier alpha value is -1.07. The van der Waals surface area contributed by atoms with Gasteiger partial charge in [0.05, 0.1) is 5.75 Å². The van der Waals surface area contributed by atoms with Crippen LogP contribution in [0.2, 0.25) is 0 Å². The van der Waals surface area contributed by atoms with E-state index < -0.39 is 10.0 Å². The lowest BCUT2D eigenvalue weighted by molar-refractivity contribution is 0.295. The number of aliphatic hydroxyl groups is 1. The molecule has 0 spiro atoms. The Morgan fingerprint density at radius 1 is 1.27 bits per heavy atom. The lowest BCUT2D eigenvalue weighted by atomic mass is 10.2. The molecule has 15 heavy (non-hydrogen) atoms. The van der Waals surface area contributed by atoms with Gasteiger partial charge in [0.15, 0.2) is 0 Å². The molecule has 0 aromatic heterocycles. The molecular formula is C10H15NO3S. The quantitative estimate of drug-likeness (QED) is 0.795. The molecule has 0 saturated heterocycles. The highest BCUT2D eigenvalue weighted by molar-refractivity contribution is 7.92. The smallest absolute Gasteiger partial charge is 0.232 e. The molecule has 1 rings (SSSR count). The van der Waals surface area contributed by atoms with Crippen molar-refractivity contribution < 1.29 is 13.5 Å². The lowest BCUT2D eigenvalue weighted by Crippen LogP contribution is -2.17. The number of aryl methyl sites for hydroxylation is 1. The highest BCUT2D eigenvalue weighted by Gasteiger charge is 2.08. The largest absolute Gasteiger partial charge is 0.396 e. The van der Waals surface area contributed by atoms with Gasteiger partial charge in [-0.2, -0.15) is 0 Å². The number of anilines is 1. The summed E-state index contributed by atoms with van der Waals surface area (Å²) < 4.78 is 25.3. The molecule has 0 fully saturated rings. The number of nitrogens with one attached hydrogen (secondary N) is 1. The van der Waals surface area contributed by atoms with Crippen molar-refractivity contribution in [2.24, 2.45) is 0 Å². The van der Waals surface area contributed by atoms with Crippen LogP contribution < -0.4 is 4.72 Å². The molecule has 1 aromatic carbocycles. The van der Waals surface area contributed by atoms with Crippen LogP contribution in [0.25, 0.3) is 0 Å². The fraction of sp³-hybridized carbons (Fsp3) is 0.400. The second-order valence-electron chi connectivity index (χ2n) is 3.36. The first kappa shape index (κ1) is 12.0. The minimum Gasteiger partial charge on any atom is -0.396 e. The van der Waals surface area contributed by atoms with Gasteiger partial charge in [-0.25, -0.2) is 8.42 Å². The predicted molar refractivity (Wildman–Crippen MR) is 60.3 cm³/mol. The molecule has 0 aliphatic carbocycles. The third-order valence-corrected chi connectivity index (χ3v) is 3.27. The monoisotopic (exact) mass is 229 g/mol. The number of sulfonamides is 1. The molecule has 0 bridgehead atoms. The van der Waals surface area contributed by atoms with Crippen LogP contribution in [-0.2, 0) is 10.0 Å². The average Bonchev–Trinajstić information content (AvgIpc) is 2.18. The van der Waals surface area contributed by atoms with Crippen LogP contribution in [0, 0.1) is 6.92 Å². The Labute approximate surface area is 90.0 Å². The topological polar surface area (TPSA) is 66.4 Å². The van der Waals surface area contributed by atoms with E-state index in [-0.39, 0.29) is 18.8 Å². The molecule has 0 radical (unpaired) electrons. The number of rotatable bonds is 5. The van der Waals surface area contributed by atoms with Gasteiger partial charge in [-0.05, 0) is 25.5 Å². The molecule has 0 aliphatic heterocycles. The van der Waals surface area contributed by atoms with Crippen molar-refractivity contribution in [1.29, 1.82) is 0 Å². The standard InChI is InChI=1S/C10H15NO3S/c1-9-3-5-10(6-4-9)11-15(13,14)8-2-7-12/h3-6,11-12H,2,7-8H2,1H3. The summed E-state index contributed by atoms with van der Waals surface area (Å²) in [5.41, 5.74) is 1.63. The van der Waals surface area contributed by atoms with Crippen LogP contribution >= 0.6 is 0 Å². The Balaban J connectivity index is 2.65. The zero-order valence-corrected chi connectivity index (χ0v) is 9.42. The summed E-state index contributed by atoms with van der Waals surface area (Å²) in [6.45, 7) is 1.82. The zero-order chi connectivity index (χ0) is 11.3. The molecule has 0 heterocycles. The summed E-state index contributed by atoms with van der Waals surface area (Å²) in [4.78, 5) is 0. The van der Waals surface area contributed by atoms with Gasteiger partial charge in [-0.15, -0.1) is 0 Å². The van der Waals surface area contributed by atoms with Gasteiger partial charge in [0, 0.05) is 12.3 Å². The van der Waals surface area contributed by atoms with Gasteiger partial charge in [-0.1, -0.05) is 17.7 Å². The first-order valence-electron chi connectivity index (χ1n) is 4.71. The van der Waals surface area contributed by atoms with Crippen molar-refractivity contribution in [3.63, 3.8) is 0 Å². The maximum Gasteiger partial charge on any atom is 0.232 e. The van der Waals surface area contributed by atoms with Crippen LogP contribution in [0.3, 0.4) is 0 Å². The van der Waals surface area contributed by atoms with E-state index in [0.717, 1.165) is 5.56 Å². The van der Waals surface area contributed by atoms with E-state index in [1.165, 1.54) is 0 Å². The SMILES string of the molecule is Cc1ccc(NS(=O)(=O)CCCO)cc1. The van der Waals surface area contributed by atoms with Crippen molar-refractivity contribution in [2.45, 2.75) is 13.3 Å². The molecule has 0 unspecified atom stereocenters. The first-order chi connectivity index (χ1) is 7.03. The van der Waals surface area contributed by atoms with Gasteiger partial charge in [0.25, 0.3) is 0 Å². The fourth-order valence-corrected chi connectivity index (χ4v) is 2.21. The molecule has 0 atom stereocenters. The van der Waals surface area contributed by atoms with E-state index in [0.29, 0.717) is 5.69 Å². The molecule has 0 saturated carbocycles. The van der Waals surface area contributed by atoms with Gasteiger partial charge in [-0.3, -0.25) is 4.72 Å². The molecule has 1 aromatic rings. The third kappa shape index (κ3) is 4.31. The predicted octanol–water partition coefficient (Wildman–Crippen LogP) is 1.12. The second-order valence-corrected chi connectivity index (χ2v) is 5.21. The van der Waals surface area contributed by atoms with Crippen LogP contribution in [-0.4, -0.2) is 25.9 Å². The minimum atomic E-state index is -3.32. The Kier molecular flexibility index (Phi) is 4.11. The molecule has 5 heteroatoms. The Bertz CT molecular complexity index is 397. The average molecular weight is 229 g/mol. The maximum absolute atomic E-state index is 11.4. The van der Waals surface area contributed by atoms with Gasteiger partial charge in [0.1, 0.15) is 0 Å². The van der Waals surface area contributed by atoms with E-state index >= 15 is 0 Å². The van der Waals surface area contributed by atoms with E-state index in [4.69, 9.17) is 5.11 Å². The lowest BCUT2D eigenvalue weighted by Gasteiger charge is -2.07. The number of hydrogen-bond acceptors (Lipinski definition) is 3. The highest BCUT2D eigenvalue weighted by atomic mass is 32.2. The van der Waals surface area contributed by atoms with Crippen LogP contribution in [0.1, 0.15) is 12.0 Å². The minimum absolute atomic E-state index is 0.0582. The molecule has 84 valence electrons. The van der Waals surface area contributed by atoms with Crippen molar-refractivity contribution in [2.75, 3.05) is 17.1 Å². The van der Waals surface area contributed by atoms with Crippen molar-refractivity contribution in [3.05, 3.63) is 29.8 Å².